The zero-order valence-corrected chi connectivity index (χ0v) is 23.1. The van der Waals surface area contributed by atoms with Gasteiger partial charge >= 0.3 is 0 Å². The number of rotatable bonds is 9. The summed E-state index contributed by atoms with van der Waals surface area (Å²) in [7, 11) is -2.12. The Hall–Kier alpha value is -2.93. The number of aromatic nitrogens is 3. The Balaban J connectivity index is 1.32. The molecule has 0 amide bonds. The second kappa shape index (κ2) is 11.4. The van der Waals surface area contributed by atoms with Crippen LogP contribution in [0.15, 0.2) is 35.4 Å². The van der Waals surface area contributed by atoms with E-state index in [9.17, 15) is 8.42 Å². The molecule has 4 heterocycles. The van der Waals surface area contributed by atoms with Gasteiger partial charge in [0.25, 0.3) is 0 Å². The van der Waals surface area contributed by atoms with Gasteiger partial charge in [0.1, 0.15) is 17.2 Å². The number of hydrogen-bond donors (Lipinski definition) is 3. The van der Waals surface area contributed by atoms with Crippen LogP contribution in [0.5, 0.6) is 5.75 Å². The van der Waals surface area contributed by atoms with E-state index in [2.05, 4.69) is 44.3 Å². The second-order valence-corrected chi connectivity index (χ2v) is 12.1. The van der Waals surface area contributed by atoms with Crippen molar-refractivity contribution in [2.24, 2.45) is 5.92 Å². The molecule has 0 saturated carbocycles. The number of nitrogens with one attached hydrogen (secondary N) is 3. The molecule has 0 spiro atoms. The van der Waals surface area contributed by atoms with E-state index in [1.165, 1.54) is 7.11 Å². The maximum atomic E-state index is 13.5. The zero-order valence-electron chi connectivity index (χ0n) is 22.2. The number of hydrogen-bond acceptors (Lipinski definition) is 9. The third-order valence-corrected chi connectivity index (χ3v) is 9.03. The van der Waals surface area contributed by atoms with Crippen molar-refractivity contribution in [1.82, 2.24) is 24.2 Å². The largest absolute Gasteiger partial charge is 0.495 e. The van der Waals surface area contributed by atoms with Gasteiger partial charge in [0.2, 0.25) is 16.0 Å². The van der Waals surface area contributed by atoms with Crippen LogP contribution in [0.3, 0.4) is 0 Å². The maximum absolute atomic E-state index is 13.5. The predicted octanol–water partition coefficient (Wildman–Crippen LogP) is 3.26. The van der Waals surface area contributed by atoms with Crippen molar-refractivity contribution in [3.05, 3.63) is 30.5 Å². The number of fused-ring (bicyclic) bond motifs is 1. The number of nitrogens with zero attached hydrogens (tertiary/aromatic N) is 4. The average molecular weight is 544 g/mol. The van der Waals surface area contributed by atoms with E-state index in [4.69, 9.17) is 9.47 Å². The minimum atomic E-state index is -3.65. The standard InChI is InChI=1S/C26H37N7O4S/c1-18(2)17-28-25-21-6-9-27-24(21)30-26(31-25)29-22-5-4-20(16-23(22)36-3)38(34,35)33-10-7-19(8-11-33)32-12-14-37-15-13-32/h4-6,9,16,18-19H,7-8,10-15,17H2,1-3H3,(H3,27,28,29,30,31). The van der Waals surface area contributed by atoms with E-state index < -0.39 is 10.0 Å². The third kappa shape index (κ3) is 5.73. The molecule has 12 heteroatoms. The Kier molecular flexibility index (Phi) is 8.03. The molecule has 206 valence electrons. The van der Waals surface area contributed by atoms with Gasteiger partial charge < -0.3 is 25.1 Å². The number of morpholine rings is 1. The van der Waals surface area contributed by atoms with Crippen LogP contribution in [-0.4, -0.2) is 91.7 Å². The first-order valence-corrected chi connectivity index (χ1v) is 14.6. The molecular formula is C26H37N7O4S. The van der Waals surface area contributed by atoms with Gasteiger partial charge in [-0.05, 0) is 37.0 Å². The van der Waals surface area contributed by atoms with Crippen molar-refractivity contribution in [1.29, 1.82) is 0 Å². The normalized spacial score (nSPS) is 18.2. The molecule has 2 fully saturated rings. The number of aromatic amines is 1. The molecule has 0 aliphatic carbocycles. The lowest BCUT2D eigenvalue weighted by atomic mass is 10.0. The first-order chi connectivity index (χ1) is 18.3. The van der Waals surface area contributed by atoms with E-state index >= 15 is 0 Å². The van der Waals surface area contributed by atoms with Gasteiger partial charge in [0.05, 0.1) is 36.3 Å². The molecule has 3 aromatic rings. The van der Waals surface area contributed by atoms with Gasteiger partial charge in [0.15, 0.2) is 0 Å². The first-order valence-electron chi connectivity index (χ1n) is 13.2. The van der Waals surface area contributed by atoms with E-state index in [1.54, 1.807) is 22.5 Å². The van der Waals surface area contributed by atoms with Gasteiger partial charge in [-0.1, -0.05) is 13.8 Å². The van der Waals surface area contributed by atoms with Gasteiger partial charge in [-0.25, -0.2) is 8.42 Å². The monoisotopic (exact) mass is 543 g/mol. The number of piperidine rings is 1. The van der Waals surface area contributed by atoms with Crippen molar-refractivity contribution < 1.29 is 17.9 Å². The Morgan fingerprint density at radius 3 is 2.61 bits per heavy atom. The predicted molar refractivity (Wildman–Crippen MR) is 148 cm³/mol. The lowest BCUT2D eigenvalue weighted by molar-refractivity contribution is 0.00610. The molecule has 1 aromatic carbocycles. The summed E-state index contributed by atoms with van der Waals surface area (Å²) in [6, 6.07) is 7.22. The number of methoxy groups -OCH3 is 1. The Morgan fingerprint density at radius 2 is 1.89 bits per heavy atom. The SMILES string of the molecule is COc1cc(S(=O)(=O)N2CCC(N3CCOCC3)CC2)ccc1Nc1nc(NCC(C)C)c2cc[nH]c2n1. The number of benzene rings is 1. The highest BCUT2D eigenvalue weighted by Crippen LogP contribution is 2.33. The van der Waals surface area contributed by atoms with Crippen molar-refractivity contribution in [2.75, 3.05) is 63.7 Å². The minimum Gasteiger partial charge on any atom is -0.495 e. The molecule has 2 saturated heterocycles. The van der Waals surface area contributed by atoms with Gasteiger partial charge in [-0.3, -0.25) is 4.90 Å². The van der Waals surface area contributed by atoms with E-state index in [0.717, 1.165) is 56.9 Å². The summed E-state index contributed by atoms with van der Waals surface area (Å²) in [6.45, 7) is 9.37. The van der Waals surface area contributed by atoms with Crippen molar-refractivity contribution in [2.45, 2.75) is 37.6 Å². The third-order valence-electron chi connectivity index (χ3n) is 7.14. The minimum absolute atomic E-state index is 0.213. The molecule has 2 aromatic heterocycles. The summed E-state index contributed by atoms with van der Waals surface area (Å²) < 4.78 is 39.6. The topological polar surface area (TPSA) is 125 Å². The number of ether oxygens (including phenoxy) is 2. The molecule has 0 bridgehead atoms. The first kappa shape index (κ1) is 26.7. The molecule has 2 aliphatic heterocycles. The Bertz CT molecular complexity index is 1350. The number of anilines is 3. The van der Waals surface area contributed by atoms with Crippen molar-refractivity contribution >= 4 is 38.5 Å². The molecule has 0 atom stereocenters. The summed E-state index contributed by atoms with van der Waals surface area (Å²) >= 11 is 0. The van der Waals surface area contributed by atoms with E-state index in [0.29, 0.717) is 48.1 Å². The van der Waals surface area contributed by atoms with Crippen LogP contribution in [0.1, 0.15) is 26.7 Å². The molecule has 38 heavy (non-hydrogen) atoms. The van der Waals surface area contributed by atoms with Gasteiger partial charge in [-0.2, -0.15) is 14.3 Å². The lowest BCUT2D eigenvalue weighted by Crippen LogP contribution is -2.50. The quantitative estimate of drug-likeness (QED) is 0.373. The fourth-order valence-electron chi connectivity index (χ4n) is 5.03. The van der Waals surface area contributed by atoms with Gasteiger partial charge in [0, 0.05) is 51.0 Å². The zero-order chi connectivity index (χ0) is 26.7. The highest BCUT2D eigenvalue weighted by Gasteiger charge is 2.32. The fraction of sp³-hybridized carbons (Fsp3) is 0.538. The molecule has 5 rings (SSSR count). The van der Waals surface area contributed by atoms with Crippen LogP contribution < -0.4 is 15.4 Å². The summed E-state index contributed by atoms with van der Waals surface area (Å²) in [6.07, 6.45) is 3.47. The van der Waals surface area contributed by atoms with Crippen molar-refractivity contribution in [3.63, 3.8) is 0 Å². The Labute approximate surface area is 224 Å². The second-order valence-electron chi connectivity index (χ2n) is 10.2. The molecule has 2 aliphatic rings. The molecular weight excluding hydrogens is 506 g/mol. The van der Waals surface area contributed by atoms with Crippen LogP contribution in [-0.2, 0) is 14.8 Å². The summed E-state index contributed by atoms with van der Waals surface area (Å²) in [5.74, 6) is 1.97. The summed E-state index contributed by atoms with van der Waals surface area (Å²) in [5.41, 5.74) is 1.28. The molecule has 11 nitrogen and oxygen atoms in total. The highest BCUT2D eigenvalue weighted by molar-refractivity contribution is 7.89. The Morgan fingerprint density at radius 1 is 1.13 bits per heavy atom. The van der Waals surface area contributed by atoms with Crippen molar-refractivity contribution in [3.8, 4) is 5.75 Å². The maximum Gasteiger partial charge on any atom is 0.243 e. The highest BCUT2D eigenvalue weighted by atomic mass is 32.2. The average Bonchev–Trinajstić information content (AvgIpc) is 3.41. The fourth-order valence-corrected chi connectivity index (χ4v) is 6.51. The van der Waals surface area contributed by atoms with Crippen LogP contribution in [0.25, 0.3) is 11.0 Å². The van der Waals surface area contributed by atoms with Crippen LogP contribution >= 0.6 is 0 Å². The van der Waals surface area contributed by atoms with Gasteiger partial charge in [-0.15, -0.1) is 0 Å². The lowest BCUT2D eigenvalue weighted by Gasteiger charge is -2.39. The summed E-state index contributed by atoms with van der Waals surface area (Å²) in [5, 5.41) is 7.49. The number of sulfonamides is 1. The van der Waals surface area contributed by atoms with Crippen LogP contribution in [0.2, 0.25) is 0 Å². The molecule has 0 unspecified atom stereocenters. The van der Waals surface area contributed by atoms with E-state index in [-0.39, 0.29) is 4.90 Å². The van der Waals surface area contributed by atoms with E-state index in [1.807, 2.05) is 12.3 Å². The van der Waals surface area contributed by atoms with Crippen LogP contribution in [0.4, 0.5) is 17.5 Å². The number of H-pyrrole nitrogens is 1. The summed E-state index contributed by atoms with van der Waals surface area (Å²) in [4.78, 5) is 15.0. The smallest absolute Gasteiger partial charge is 0.243 e. The van der Waals surface area contributed by atoms with Crippen LogP contribution in [0, 0.1) is 5.92 Å². The molecule has 0 radical (unpaired) electrons. The molecule has 3 N–H and O–H groups in total.